The maximum absolute atomic E-state index is 15.6. The van der Waals surface area contributed by atoms with Crippen molar-refractivity contribution in [2.75, 3.05) is 40.5 Å². The monoisotopic (exact) mass is 550 g/mol. The first-order valence-corrected chi connectivity index (χ1v) is 13.7. The zero-order valence-electron chi connectivity index (χ0n) is 23.5. The molecule has 8 heteroatoms. The van der Waals surface area contributed by atoms with Crippen LogP contribution < -0.4 is 10.5 Å². The molecule has 1 saturated heterocycles. The second-order valence-corrected chi connectivity index (χ2v) is 10.3. The van der Waals surface area contributed by atoms with Crippen LogP contribution in [0.1, 0.15) is 46.3 Å². The number of nitrogens with two attached hydrogens (primary N) is 1. The lowest BCUT2D eigenvalue weighted by Crippen LogP contribution is -2.54. The van der Waals surface area contributed by atoms with Crippen LogP contribution in [0.3, 0.4) is 0 Å². The Morgan fingerprint density at radius 3 is 2.62 bits per heavy atom. The highest BCUT2D eigenvalue weighted by atomic mass is 19.1. The molecule has 0 radical (unpaired) electrons. The molecule has 214 valence electrons. The summed E-state index contributed by atoms with van der Waals surface area (Å²) in [6.07, 6.45) is 0.854. The van der Waals surface area contributed by atoms with E-state index in [1.807, 2.05) is 31.2 Å². The molecule has 1 amide bonds. The van der Waals surface area contributed by atoms with Crippen LogP contribution in [0.25, 0.3) is 11.1 Å². The minimum absolute atomic E-state index is 0.151. The molecular formula is C32H39FN2O5. The molecule has 3 N–H and O–H groups in total. The third-order valence-electron chi connectivity index (χ3n) is 7.53. The number of carbonyl (C=O) groups is 1. The molecule has 0 bridgehead atoms. The summed E-state index contributed by atoms with van der Waals surface area (Å²) in [5.41, 5.74) is 7.83. The highest BCUT2D eigenvalue weighted by Crippen LogP contribution is 2.42. The Kier molecular flexibility index (Phi) is 9.92. The van der Waals surface area contributed by atoms with Crippen molar-refractivity contribution in [3.05, 3.63) is 88.7 Å². The van der Waals surface area contributed by atoms with Gasteiger partial charge in [0, 0.05) is 37.9 Å². The van der Waals surface area contributed by atoms with E-state index in [2.05, 4.69) is 0 Å². The van der Waals surface area contributed by atoms with Gasteiger partial charge in [-0.25, -0.2) is 4.39 Å². The third-order valence-corrected chi connectivity index (χ3v) is 7.53. The molecule has 1 aliphatic rings. The van der Waals surface area contributed by atoms with Crippen LogP contribution in [0.2, 0.25) is 0 Å². The molecule has 3 aromatic rings. The van der Waals surface area contributed by atoms with Gasteiger partial charge in [-0.2, -0.15) is 0 Å². The van der Waals surface area contributed by atoms with Crippen LogP contribution in [0.15, 0.2) is 60.7 Å². The van der Waals surface area contributed by atoms with Crippen LogP contribution in [-0.4, -0.2) is 62.5 Å². The summed E-state index contributed by atoms with van der Waals surface area (Å²) in [7, 11) is 3.20. The molecule has 1 heterocycles. The van der Waals surface area contributed by atoms with E-state index in [1.54, 1.807) is 49.5 Å². The summed E-state index contributed by atoms with van der Waals surface area (Å²) in [5.74, 6) is -0.00937. The number of ether oxygens (including phenoxy) is 3. The number of methoxy groups -OCH3 is 2. The van der Waals surface area contributed by atoms with E-state index in [-0.39, 0.29) is 19.1 Å². The Labute approximate surface area is 235 Å². The zero-order valence-corrected chi connectivity index (χ0v) is 23.5. The topological polar surface area (TPSA) is 94.2 Å². The van der Waals surface area contributed by atoms with E-state index in [0.717, 1.165) is 11.1 Å². The number of morpholine rings is 1. The van der Waals surface area contributed by atoms with E-state index < -0.39 is 17.5 Å². The fraction of sp³-hybridized carbons (Fsp3) is 0.406. The molecule has 3 aromatic carbocycles. The van der Waals surface area contributed by atoms with Gasteiger partial charge in [-0.15, -0.1) is 0 Å². The molecule has 0 aromatic heterocycles. The number of nitrogens with zero attached hydrogens (tertiary/aromatic N) is 1. The first-order chi connectivity index (χ1) is 19.3. The molecule has 1 fully saturated rings. The van der Waals surface area contributed by atoms with Crippen molar-refractivity contribution in [1.82, 2.24) is 4.90 Å². The Morgan fingerprint density at radius 2 is 1.93 bits per heavy atom. The van der Waals surface area contributed by atoms with E-state index >= 15 is 4.39 Å². The normalized spacial score (nSPS) is 16.9. The second-order valence-electron chi connectivity index (χ2n) is 10.3. The van der Waals surface area contributed by atoms with Crippen LogP contribution in [0.4, 0.5) is 4.39 Å². The van der Waals surface area contributed by atoms with Gasteiger partial charge in [0.2, 0.25) is 0 Å². The van der Waals surface area contributed by atoms with Gasteiger partial charge in [0.05, 0.1) is 20.3 Å². The Morgan fingerprint density at radius 1 is 1.15 bits per heavy atom. The van der Waals surface area contributed by atoms with E-state index in [4.69, 9.17) is 19.9 Å². The highest BCUT2D eigenvalue weighted by molar-refractivity contribution is 5.94. The van der Waals surface area contributed by atoms with Crippen molar-refractivity contribution in [3.8, 4) is 16.9 Å². The average molecular weight is 551 g/mol. The maximum atomic E-state index is 15.6. The van der Waals surface area contributed by atoms with Crippen molar-refractivity contribution >= 4 is 5.91 Å². The lowest BCUT2D eigenvalue weighted by atomic mass is 9.78. The molecule has 40 heavy (non-hydrogen) atoms. The lowest BCUT2D eigenvalue weighted by Gasteiger charge is -2.43. The van der Waals surface area contributed by atoms with Crippen LogP contribution in [-0.2, 0) is 21.6 Å². The largest absolute Gasteiger partial charge is 0.497 e. The third kappa shape index (κ3) is 6.53. The molecule has 0 spiro atoms. The van der Waals surface area contributed by atoms with Gasteiger partial charge in [-0.1, -0.05) is 30.3 Å². The summed E-state index contributed by atoms with van der Waals surface area (Å²) in [6.45, 7) is 3.64. The van der Waals surface area contributed by atoms with Crippen LogP contribution in [0.5, 0.6) is 5.75 Å². The predicted octanol–water partition coefficient (Wildman–Crippen LogP) is 4.81. The molecule has 7 nitrogen and oxygen atoms in total. The van der Waals surface area contributed by atoms with Gasteiger partial charge >= 0.3 is 0 Å². The molecule has 1 aliphatic heterocycles. The summed E-state index contributed by atoms with van der Waals surface area (Å²) in [4.78, 5) is 15.1. The molecule has 2 unspecified atom stereocenters. The summed E-state index contributed by atoms with van der Waals surface area (Å²) in [6, 6.07) is 17.5. The SMILES string of the molecule is COCCCCC(O)(c1cccc(F)c1-c1cc(C)cc(OC)c1)C1CN(C(=O)c2ccc(CN)cc2)CCO1. The fourth-order valence-corrected chi connectivity index (χ4v) is 5.39. The van der Waals surface area contributed by atoms with Crippen LogP contribution in [0, 0.1) is 12.7 Å². The second kappa shape index (κ2) is 13.4. The first kappa shape index (κ1) is 29.7. The minimum atomic E-state index is -1.58. The fourth-order valence-electron chi connectivity index (χ4n) is 5.39. The molecular weight excluding hydrogens is 511 g/mol. The Bertz CT molecular complexity index is 1300. The molecule has 2 atom stereocenters. The number of carbonyl (C=O) groups excluding carboxylic acids is 1. The number of unbranched alkanes of at least 4 members (excludes halogenated alkanes) is 1. The quantitative estimate of drug-likeness (QED) is 0.333. The predicted molar refractivity (Wildman–Crippen MR) is 153 cm³/mol. The van der Waals surface area contributed by atoms with Crippen molar-refractivity contribution in [1.29, 1.82) is 0 Å². The van der Waals surface area contributed by atoms with Gasteiger partial charge in [-0.05, 0) is 78.8 Å². The summed E-state index contributed by atoms with van der Waals surface area (Å²) in [5, 5.41) is 12.5. The first-order valence-electron chi connectivity index (χ1n) is 13.7. The zero-order chi connectivity index (χ0) is 28.7. The average Bonchev–Trinajstić information content (AvgIpc) is 2.98. The molecule has 4 rings (SSSR count). The van der Waals surface area contributed by atoms with Gasteiger partial charge in [0.25, 0.3) is 5.91 Å². The van der Waals surface area contributed by atoms with Gasteiger partial charge in [0.15, 0.2) is 0 Å². The van der Waals surface area contributed by atoms with Crippen molar-refractivity contribution < 1.29 is 28.5 Å². The van der Waals surface area contributed by atoms with Crippen LogP contribution >= 0.6 is 0 Å². The number of amides is 1. The standard InChI is InChI=1S/C32H39FN2O5/c1-22-17-25(19-26(18-22)39-3)30-27(7-6-8-28(30)33)32(37,13-4-5-15-38-2)29-21-35(14-16-40-29)31(36)24-11-9-23(20-34)10-12-24/h6-12,17-19,29,37H,4-5,13-16,20-21,34H2,1-3H3. The number of halogens is 1. The minimum Gasteiger partial charge on any atom is -0.497 e. The van der Waals surface area contributed by atoms with Crippen molar-refractivity contribution in [2.45, 2.75) is 44.4 Å². The molecule has 0 aliphatic carbocycles. The number of benzene rings is 3. The van der Waals surface area contributed by atoms with Crippen molar-refractivity contribution in [3.63, 3.8) is 0 Å². The Hall–Kier alpha value is -3.30. The number of hydrogen-bond acceptors (Lipinski definition) is 6. The highest BCUT2D eigenvalue weighted by Gasteiger charge is 2.44. The number of hydrogen-bond donors (Lipinski definition) is 2. The van der Waals surface area contributed by atoms with Gasteiger partial charge in [-0.3, -0.25) is 4.79 Å². The number of aliphatic hydroxyl groups is 1. The van der Waals surface area contributed by atoms with E-state index in [1.165, 1.54) is 6.07 Å². The van der Waals surface area contributed by atoms with Crippen molar-refractivity contribution in [2.24, 2.45) is 5.73 Å². The number of aryl methyl sites for hydroxylation is 1. The summed E-state index contributed by atoms with van der Waals surface area (Å²) >= 11 is 0. The lowest BCUT2D eigenvalue weighted by molar-refractivity contribution is -0.146. The van der Waals surface area contributed by atoms with Gasteiger partial charge in [0.1, 0.15) is 23.3 Å². The molecule has 0 saturated carbocycles. The Balaban J connectivity index is 1.73. The smallest absolute Gasteiger partial charge is 0.254 e. The van der Waals surface area contributed by atoms with E-state index in [9.17, 15) is 9.90 Å². The number of rotatable bonds is 11. The van der Waals surface area contributed by atoms with Gasteiger partial charge < -0.3 is 30.0 Å². The van der Waals surface area contributed by atoms with E-state index in [0.29, 0.717) is 67.0 Å². The summed E-state index contributed by atoms with van der Waals surface area (Å²) < 4.78 is 32.5. The maximum Gasteiger partial charge on any atom is 0.254 e.